The summed E-state index contributed by atoms with van der Waals surface area (Å²) in [5.41, 5.74) is 1.20. The van der Waals surface area contributed by atoms with E-state index in [4.69, 9.17) is 0 Å². The number of fused-ring (bicyclic) bond motifs is 1. The van der Waals surface area contributed by atoms with E-state index in [0.717, 1.165) is 17.1 Å². The maximum atomic E-state index is 13.5. The summed E-state index contributed by atoms with van der Waals surface area (Å²) in [5.74, 6) is -0.892. The molecule has 0 N–H and O–H groups in total. The molecular formula is C23H22FN5O5S. The number of carbonyl (C=O) groups excluding carboxylic acids is 1. The van der Waals surface area contributed by atoms with E-state index in [-0.39, 0.29) is 35.4 Å². The first kappa shape index (κ1) is 23.1. The lowest BCUT2D eigenvalue weighted by molar-refractivity contribution is -0.385. The molecule has 35 heavy (non-hydrogen) atoms. The highest BCUT2D eigenvalue weighted by Crippen LogP contribution is 2.30. The van der Waals surface area contributed by atoms with Crippen LogP contribution in [0.4, 0.5) is 15.8 Å². The number of benzene rings is 2. The summed E-state index contributed by atoms with van der Waals surface area (Å²) in [6, 6.07) is 11.3. The van der Waals surface area contributed by atoms with Gasteiger partial charge in [0.1, 0.15) is 5.82 Å². The van der Waals surface area contributed by atoms with Crippen molar-refractivity contribution >= 4 is 38.2 Å². The number of non-ortho nitro benzene ring substituents is 1. The van der Waals surface area contributed by atoms with Crippen molar-refractivity contribution in [2.45, 2.75) is 4.90 Å². The van der Waals surface area contributed by atoms with E-state index in [2.05, 4.69) is 9.88 Å². The molecule has 0 bridgehead atoms. The van der Waals surface area contributed by atoms with Crippen LogP contribution >= 0.6 is 0 Å². The Morgan fingerprint density at radius 3 is 2.51 bits per heavy atom. The standard InChI is InChI=1S/C23H22FN5O5S/c24-17-4-5-20-21(12-17)25-7-6-22(20)26-8-10-27(11-9-26)23(30)16-14-28(15-16)35(33,34)19-3-1-2-18(13-19)29(31)32/h1-7,12-13,16H,8-11,14-15H2. The Kier molecular flexibility index (Phi) is 5.85. The summed E-state index contributed by atoms with van der Waals surface area (Å²) in [6.45, 7) is 2.24. The molecule has 1 amide bonds. The first-order chi connectivity index (χ1) is 16.7. The van der Waals surface area contributed by atoms with Crippen molar-refractivity contribution in [3.63, 3.8) is 0 Å². The molecule has 1 aromatic heterocycles. The molecule has 2 aliphatic heterocycles. The number of sulfonamides is 1. The second-order valence-corrected chi connectivity index (χ2v) is 10.5. The third-order valence-corrected chi connectivity index (χ3v) is 8.30. The van der Waals surface area contributed by atoms with Gasteiger partial charge in [-0.1, -0.05) is 6.07 Å². The van der Waals surface area contributed by atoms with E-state index in [9.17, 15) is 27.7 Å². The fourth-order valence-corrected chi connectivity index (χ4v) is 6.08. The maximum absolute atomic E-state index is 13.5. The van der Waals surface area contributed by atoms with Gasteiger partial charge in [-0.2, -0.15) is 4.31 Å². The maximum Gasteiger partial charge on any atom is 0.270 e. The summed E-state index contributed by atoms with van der Waals surface area (Å²) >= 11 is 0. The monoisotopic (exact) mass is 499 g/mol. The largest absolute Gasteiger partial charge is 0.367 e. The van der Waals surface area contributed by atoms with Crippen LogP contribution in [-0.4, -0.2) is 72.7 Å². The number of hydrogen-bond donors (Lipinski definition) is 0. The van der Waals surface area contributed by atoms with Crippen molar-refractivity contribution in [3.8, 4) is 0 Å². The molecule has 182 valence electrons. The summed E-state index contributed by atoms with van der Waals surface area (Å²) in [6.07, 6.45) is 1.64. The molecule has 0 spiro atoms. The fourth-order valence-electron chi connectivity index (χ4n) is 4.51. The number of nitrogens with zero attached hydrogens (tertiary/aromatic N) is 5. The number of rotatable bonds is 5. The topological polar surface area (TPSA) is 117 Å². The van der Waals surface area contributed by atoms with Crippen molar-refractivity contribution in [1.82, 2.24) is 14.2 Å². The molecule has 2 aliphatic rings. The van der Waals surface area contributed by atoms with Gasteiger partial charge in [0, 0.05) is 74.7 Å². The van der Waals surface area contributed by atoms with Crippen LogP contribution in [0.1, 0.15) is 0 Å². The SMILES string of the molecule is O=C(C1CN(S(=O)(=O)c2cccc([N+](=O)[O-])c2)C1)N1CCN(c2ccnc3cc(F)ccc23)CC1. The Morgan fingerprint density at radius 2 is 1.80 bits per heavy atom. The van der Waals surface area contributed by atoms with Crippen molar-refractivity contribution in [3.05, 3.63) is 70.7 Å². The van der Waals surface area contributed by atoms with Crippen LogP contribution in [0.5, 0.6) is 0 Å². The van der Waals surface area contributed by atoms with Gasteiger partial charge < -0.3 is 9.80 Å². The minimum absolute atomic E-state index is 0.0463. The lowest BCUT2D eigenvalue weighted by Gasteiger charge is -2.42. The average molecular weight is 500 g/mol. The fraction of sp³-hybridized carbons (Fsp3) is 0.304. The van der Waals surface area contributed by atoms with E-state index in [1.807, 2.05) is 6.07 Å². The van der Waals surface area contributed by atoms with Crippen LogP contribution in [0.3, 0.4) is 0 Å². The molecule has 0 radical (unpaired) electrons. The van der Waals surface area contributed by atoms with E-state index in [1.165, 1.54) is 34.6 Å². The lowest BCUT2D eigenvalue weighted by atomic mass is 10.0. The van der Waals surface area contributed by atoms with Crippen molar-refractivity contribution < 1.29 is 22.5 Å². The zero-order valence-electron chi connectivity index (χ0n) is 18.6. The Balaban J connectivity index is 1.20. The number of anilines is 1. The number of piperazine rings is 1. The van der Waals surface area contributed by atoms with Gasteiger partial charge in [0.2, 0.25) is 15.9 Å². The third-order valence-electron chi connectivity index (χ3n) is 6.48. The van der Waals surface area contributed by atoms with E-state index >= 15 is 0 Å². The molecule has 5 rings (SSSR count). The molecule has 3 aromatic rings. The third kappa shape index (κ3) is 4.30. The van der Waals surface area contributed by atoms with Gasteiger partial charge in [0.15, 0.2) is 0 Å². The first-order valence-electron chi connectivity index (χ1n) is 11.1. The highest BCUT2D eigenvalue weighted by Gasteiger charge is 2.42. The Labute approximate surface area is 200 Å². The minimum atomic E-state index is -3.91. The average Bonchev–Trinajstić information content (AvgIpc) is 2.82. The molecule has 0 atom stereocenters. The highest BCUT2D eigenvalue weighted by molar-refractivity contribution is 7.89. The second kappa shape index (κ2) is 8.86. The van der Waals surface area contributed by atoms with Gasteiger partial charge in [-0.15, -0.1) is 0 Å². The molecule has 2 aromatic carbocycles. The Hall–Kier alpha value is -3.64. The number of pyridine rings is 1. The molecule has 2 saturated heterocycles. The first-order valence-corrected chi connectivity index (χ1v) is 12.5. The molecular weight excluding hydrogens is 477 g/mol. The molecule has 0 unspecified atom stereocenters. The van der Waals surface area contributed by atoms with Crippen LogP contribution in [0, 0.1) is 21.8 Å². The number of amides is 1. The quantitative estimate of drug-likeness (QED) is 0.390. The molecule has 0 aliphatic carbocycles. The second-order valence-electron chi connectivity index (χ2n) is 8.58. The van der Waals surface area contributed by atoms with Gasteiger partial charge >= 0.3 is 0 Å². The van der Waals surface area contributed by atoms with Gasteiger partial charge in [-0.05, 0) is 24.3 Å². The van der Waals surface area contributed by atoms with Crippen LogP contribution in [0.25, 0.3) is 10.9 Å². The number of hydrogen-bond acceptors (Lipinski definition) is 7. The molecule has 0 saturated carbocycles. The summed E-state index contributed by atoms with van der Waals surface area (Å²) in [7, 11) is -3.91. The number of nitro benzene ring substituents is 1. The number of halogens is 1. The normalized spacial score (nSPS) is 17.4. The van der Waals surface area contributed by atoms with Gasteiger partial charge in [0.05, 0.1) is 21.3 Å². The van der Waals surface area contributed by atoms with E-state index in [1.54, 1.807) is 17.2 Å². The number of carbonyl (C=O) groups is 1. The van der Waals surface area contributed by atoms with E-state index < -0.39 is 20.9 Å². The van der Waals surface area contributed by atoms with Gasteiger partial charge in [-0.3, -0.25) is 19.9 Å². The molecule has 2 fully saturated rings. The number of aromatic nitrogens is 1. The highest BCUT2D eigenvalue weighted by atomic mass is 32.2. The Morgan fingerprint density at radius 1 is 1.06 bits per heavy atom. The van der Waals surface area contributed by atoms with Crippen LogP contribution in [0.2, 0.25) is 0 Å². The zero-order chi connectivity index (χ0) is 24.7. The smallest absolute Gasteiger partial charge is 0.270 e. The van der Waals surface area contributed by atoms with Gasteiger partial charge in [-0.25, -0.2) is 12.8 Å². The van der Waals surface area contributed by atoms with Crippen molar-refractivity contribution in [2.24, 2.45) is 5.92 Å². The lowest BCUT2D eigenvalue weighted by Crippen LogP contribution is -2.59. The zero-order valence-corrected chi connectivity index (χ0v) is 19.4. The van der Waals surface area contributed by atoms with Crippen LogP contribution in [-0.2, 0) is 14.8 Å². The molecule has 12 heteroatoms. The predicted molar refractivity (Wildman–Crippen MR) is 126 cm³/mol. The summed E-state index contributed by atoms with van der Waals surface area (Å²) in [4.78, 5) is 31.2. The number of nitro groups is 1. The van der Waals surface area contributed by atoms with Crippen LogP contribution < -0.4 is 4.90 Å². The van der Waals surface area contributed by atoms with Crippen molar-refractivity contribution in [1.29, 1.82) is 0 Å². The minimum Gasteiger partial charge on any atom is -0.367 e. The Bertz CT molecular complexity index is 1420. The molecule has 10 nitrogen and oxygen atoms in total. The van der Waals surface area contributed by atoms with Crippen molar-refractivity contribution in [2.75, 3.05) is 44.2 Å². The molecule has 3 heterocycles. The summed E-state index contributed by atoms with van der Waals surface area (Å²) in [5, 5.41) is 11.8. The van der Waals surface area contributed by atoms with Crippen LogP contribution in [0.15, 0.2) is 59.6 Å². The van der Waals surface area contributed by atoms with Gasteiger partial charge in [0.25, 0.3) is 5.69 Å². The van der Waals surface area contributed by atoms with E-state index in [0.29, 0.717) is 31.7 Å². The summed E-state index contributed by atoms with van der Waals surface area (Å²) < 4.78 is 40.3. The predicted octanol–water partition coefficient (Wildman–Crippen LogP) is 2.25.